The summed E-state index contributed by atoms with van der Waals surface area (Å²) in [6, 6.07) is 16.9. The van der Waals surface area contributed by atoms with E-state index in [-0.39, 0.29) is 29.9 Å². The molecule has 3 aromatic carbocycles. The van der Waals surface area contributed by atoms with Gasteiger partial charge in [-0.2, -0.15) is 4.68 Å². The number of Topliss-reactive ketones (excluding diaryl/α,β-unsaturated/α-hetero) is 1. The number of carboxylic acids is 1. The quantitative estimate of drug-likeness (QED) is 0.184. The number of hydrogen-bond donors (Lipinski definition) is 3. The molecule has 0 aliphatic heterocycles. The number of halogens is 1. The molecule has 3 N–H and O–H groups in total. The van der Waals surface area contributed by atoms with Gasteiger partial charge in [0, 0.05) is 28.6 Å². The molecule has 1 amide bonds. The number of aromatic nitrogens is 4. The van der Waals surface area contributed by atoms with Crippen LogP contribution in [-0.2, 0) is 22.4 Å². The van der Waals surface area contributed by atoms with Gasteiger partial charge in [-0.25, -0.2) is 4.79 Å². The lowest BCUT2D eigenvalue weighted by molar-refractivity contribution is -0.125. The Labute approximate surface area is 234 Å². The van der Waals surface area contributed by atoms with Gasteiger partial charge in [-0.15, -0.1) is 5.10 Å². The second kappa shape index (κ2) is 12.6. The molecular formula is C29H24ClN5O5. The number of nitrogens with one attached hydrogen (secondary N) is 1. The highest BCUT2D eigenvalue weighted by Gasteiger charge is 2.21. The molecule has 1 aromatic heterocycles. The molecule has 10 nitrogen and oxygen atoms in total. The molecule has 0 unspecified atom stereocenters. The Hall–Kier alpha value is -5.09. The number of carbonyl (C=O) groups excluding carboxylic acids is 2. The summed E-state index contributed by atoms with van der Waals surface area (Å²) in [5, 5.41) is 33.2. The Bertz CT molecular complexity index is 1580. The van der Waals surface area contributed by atoms with Crippen molar-refractivity contribution >= 4 is 41.1 Å². The summed E-state index contributed by atoms with van der Waals surface area (Å²) in [4.78, 5) is 37.8. The third-order valence-electron chi connectivity index (χ3n) is 5.98. The van der Waals surface area contributed by atoms with Gasteiger partial charge in [0.2, 0.25) is 5.91 Å². The lowest BCUT2D eigenvalue weighted by Gasteiger charge is -2.18. The number of ketones is 1. The summed E-state index contributed by atoms with van der Waals surface area (Å²) in [6.45, 7) is 3.48. The molecule has 11 heteroatoms. The van der Waals surface area contributed by atoms with Gasteiger partial charge >= 0.3 is 5.97 Å². The van der Waals surface area contributed by atoms with E-state index in [1.807, 2.05) is 0 Å². The summed E-state index contributed by atoms with van der Waals surface area (Å²) < 4.78 is 1.42. The number of nitrogens with zero attached hydrogens (tertiary/aromatic N) is 4. The summed E-state index contributed by atoms with van der Waals surface area (Å²) in [5.41, 5.74) is 3.01. The number of carbonyl (C=O) groups is 3. The van der Waals surface area contributed by atoms with Crippen LogP contribution in [0.5, 0.6) is 0 Å². The van der Waals surface area contributed by atoms with E-state index in [9.17, 15) is 24.6 Å². The van der Waals surface area contributed by atoms with Crippen molar-refractivity contribution in [3.63, 3.8) is 0 Å². The molecule has 1 atom stereocenters. The average molecular weight is 558 g/mol. The minimum Gasteiger partial charge on any atom is -0.508 e. The zero-order valence-corrected chi connectivity index (χ0v) is 21.8. The number of aliphatic hydroxyl groups excluding tert-OH is 1. The minimum atomic E-state index is -1.10. The Kier molecular flexibility index (Phi) is 8.82. The molecule has 202 valence electrons. The van der Waals surface area contributed by atoms with Crippen molar-refractivity contribution < 1.29 is 24.6 Å². The van der Waals surface area contributed by atoms with Crippen LogP contribution in [-0.4, -0.2) is 54.1 Å². The van der Waals surface area contributed by atoms with Crippen molar-refractivity contribution in [3.05, 3.63) is 119 Å². The van der Waals surface area contributed by atoms with Crippen LogP contribution >= 0.6 is 11.6 Å². The predicted molar refractivity (Wildman–Crippen MR) is 149 cm³/mol. The highest BCUT2D eigenvalue weighted by Crippen LogP contribution is 2.20. The van der Waals surface area contributed by atoms with E-state index >= 15 is 0 Å². The predicted octanol–water partition coefficient (Wildman–Crippen LogP) is 4.10. The normalized spacial score (nSPS) is 11.7. The van der Waals surface area contributed by atoms with Crippen LogP contribution in [0.1, 0.15) is 32.6 Å². The van der Waals surface area contributed by atoms with Crippen molar-refractivity contribution in [2.24, 2.45) is 0 Å². The first-order valence-corrected chi connectivity index (χ1v) is 12.4. The number of tetrazole rings is 1. The number of carboxylic acid groups (broad SMARTS) is 1. The van der Waals surface area contributed by atoms with Crippen LogP contribution in [0.4, 0.5) is 0 Å². The topological polar surface area (TPSA) is 147 Å². The molecule has 0 aliphatic rings. The highest BCUT2D eigenvalue weighted by atomic mass is 35.5. The van der Waals surface area contributed by atoms with Crippen molar-refractivity contribution in [1.82, 2.24) is 25.5 Å². The fourth-order valence-corrected chi connectivity index (χ4v) is 4.16. The van der Waals surface area contributed by atoms with E-state index in [1.54, 1.807) is 54.6 Å². The molecule has 4 rings (SSSR count). The van der Waals surface area contributed by atoms with Crippen LogP contribution in [0.15, 0.2) is 85.7 Å². The first kappa shape index (κ1) is 27.9. The molecule has 0 aliphatic carbocycles. The van der Waals surface area contributed by atoms with Gasteiger partial charge in [0.15, 0.2) is 5.78 Å². The Morgan fingerprint density at radius 3 is 2.45 bits per heavy atom. The Morgan fingerprint density at radius 2 is 1.77 bits per heavy atom. The molecule has 0 spiro atoms. The van der Waals surface area contributed by atoms with Gasteiger partial charge in [0.05, 0.1) is 17.3 Å². The monoisotopic (exact) mass is 557 g/mol. The summed E-state index contributed by atoms with van der Waals surface area (Å²) >= 11 is 6.15. The highest BCUT2D eigenvalue weighted by molar-refractivity contribution is 6.30. The lowest BCUT2D eigenvalue weighted by Crippen LogP contribution is -2.42. The number of aromatic carboxylic acids is 1. The van der Waals surface area contributed by atoms with Gasteiger partial charge in [0.25, 0.3) is 0 Å². The number of benzene rings is 3. The fourth-order valence-electron chi connectivity index (χ4n) is 3.98. The summed E-state index contributed by atoms with van der Waals surface area (Å²) in [5.74, 6) is -2.00. The summed E-state index contributed by atoms with van der Waals surface area (Å²) in [6.07, 6.45) is 4.30. The number of hydrogen-bond acceptors (Lipinski definition) is 7. The molecule has 0 bridgehead atoms. The largest absolute Gasteiger partial charge is 0.508 e. The summed E-state index contributed by atoms with van der Waals surface area (Å²) in [7, 11) is 0. The fraction of sp³-hybridized carbons (Fsp3) is 0.103. The van der Waals surface area contributed by atoms with E-state index in [2.05, 4.69) is 27.4 Å². The van der Waals surface area contributed by atoms with Crippen molar-refractivity contribution in [2.45, 2.75) is 18.9 Å². The molecule has 1 heterocycles. The van der Waals surface area contributed by atoms with Crippen LogP contribution in [0.25, 0.3) is 17.5 Å². The number of amides is 1. The minimum absolute atomic E-state index is 0.00318. The SMILES string of the molecule is C=C(O)c1ccc(CC(=O)[C@H](Cc2cccc(C(=O)O)c2)NC(=O)/C=C/c2cc(Cl)ccc2-n2cnnn2)cc1. The second-order valence-electron chi connectivity index (χ2n) is 8.85. The van der Waals surface area contributed by atoms with Crippen molar-refractivity contribution in [2.75, 3.05) is 0 Å². The molecule has 40 heavy (non-hydrogen) atoms. The number of rotatable bonds is 11. The van der Waals surface area contributed by atoms with E-state index in [0.717, 1.165) is 0 Å². The van der Waals surface area contributed by atoms with Crippen LogP contribution in [0.3, 0.4) is 0 Å². The van der Waals surface area contributed by atoms with E-state index in [1.165, 1.54) is 35.3 Å². The van der Waals surface area contributed by atoms with Gasteiger partial charge < -0.3 is 15.5 Å². The zero-order valence-electron chi connectivity index (χ0n) is 21.1. The zero-order chi connectivity index (χ0) is 28.6. The molecular weight excluding hydrogens is 534 g/mol. The van der Waals surface area contributed by atoms with Gasteiger partial charge in [-0.3, -0.25) is 9.59 Å². The van der Waals surface area contributed by atoms with Crippen molar-refractivity contribution in [1.29, 1.82) is 0 Å². The van der Waals surface area contributed by atoms with Gasteiger partial charge in [-0.05, 0) is 64.4 Å². The molecule has 0 fully saturated rings. The smallest absolute Gasteiger partial charge is 0.335 e. The van der Waals surface area contributed by atoms with E-state index in [4.69, 9.17) is 11.6 Å². The van der Waals surface area contributed by atoms with Crippen LogP contribution in [0, 0.1) is 0 Å². The molecule has 4 aromatic rings. The van der Waals surface area contributed by atoms with Crippen LogP contribution < -0.4 is 5.32 Å². The maximum absolute atomic E-state index is 13.4. The molecule has 0 radical (unpaired) electrons. The second-order valence-corrected chi connectivity index (χ2v) is 9.28. The van der Waals surface area contributed by atoms with Gasteiger partial charge in [0.1, 0.15) is 12.1 Å². The maximum Gasteiger partial charge on any atom is 0.335 e. The van der Waals surface area contributed by atoms with E-state index in [0.29, 0.717) is 33.0 Å². The molecule has 0 saturated carbocycles. The first-order valence-electron chi connectivity index (χ1n) is 12.0. The average Bonchev–Trinajstić information content (AvgIpc) is 3.47. The maximum atomic E-state index is 13.4. The lowest BCUT2D eigenvalue weighted by atomic mass is 9.96. The van der Waals surface area contributed by atoms with E-state index < -0.39 is 17.9 Å². The first-order chi connectivity index (χ1) is 19.2. The third kappa shape index (κ3) is 7.27. The Morgan fingerprint density at radius 1 is 1.00 bits per heavy atom. The van der Waals surface area contributed by atoms with Crippen LogP contribution in [0.2, 0.25) is 5.02 Å². The standard InChI is InChI=1S/C29H24ClN5O5/c1-18(36)21-7-5-19(6-8-21)15-27(37)25(14-20-3-2-4-23(13-20)29(39)40)32-28(38)12-9-22-16-24(30)10-11-26(22)35-17-31-33-34-35/h2-13,16-17,25,36H,1,14-15H2,(H,32,38)(H,39,40)/b12-9+/t25-/m0/s1. The third-order valence-corrected chi connectivity index (χ3v) is 6.22. The Balaban J connectivity index is 1.56. The van der Waals surface area contributed by atoms with Gasteiger partial charge in [-0.1, -0.05) is 54.6 Å². The van der Waals surface area contributed by atoms with Crippen molar-refractivity contribution in [3.8, 4) is 5.69 Å². The molecule has 0 saturated heterocycles. The number of aliphatic hydroxyl groups is 1.